The van der Waals surface area contributed by atoms with Gasteiger partial charge in [0, 0.05) is 36.9 Å². The van der Waals surface area contributed by atoms with Crippen LogP contribution in [-0.2, 0) is 9.47 Å². The molecule has 0 spiro atoms. The van der Waals surface area contributed by atoms with Gasteiger partial charge in [-0.05, 0) is 67.9 Å². The highest BCUT2D eigenvalue weighted by atomic mass is 35.5. The van der Waals surface area contributed by atoms with Crippen LogP contribution in [0.25, 0.3) is 21.5 Å². The van der Waals surface area contributed by atoms with Gasteiger partial charge in [-0.15, -0.1) is 0 Å². The number of piperidine rings is 1. The van der Waals surface area contributed by atoms with Crippen molar-refractivity contribution < 1.29 is 23.6 Å². The summed E-state index contributed by atoms with van der Waals surface area (Å²) in [5, 5.41) is 5.97. The zero-order valence-corrected chi connectivity index (χ0v) is 26.2. The van der Waals surface area contributed by atoms with Crippen LogP contribution in [-0.4, -0.2) is 47.9 Å². The topological polar surface area (TPSA) is 94.8 Å². The van der Waals surface area contributed by atoms with Gasteiger partial charge in [-0.3, -0.25) is 0 Å². The molecule has 11 heteroatoms. The number of nitrogens with zero attached hydrogens (tertiary/aromatic N) is 3. The largest absolute Gasteiger partial charge is 0.465 e. The first-order chi connectivity index (χ1) is 20.9. The molecule has 2 aromatic heterocycles. The van der Waals surface area contributed by atoms with Gasteiger partial charge in [0.2, 0.25) is 0 Å². The molecule has 2 atom stereocenters. The van der Waals surface area contributed by atoms with E-state index in [9.17, 15) is 9.59 Å². The number of hydrogen-bond donors (Lipinski definition) is 0. The number of aromatic nitrogens is 2. The van der Waals surface area contributed by atoms with E-state index in [-0.39, 0.29) is 24.0 Å². The molecule has 0 N–H and O–H groups in total. The van der Waals surface area contributed by atoms with Crippen LogP contribution in [0.5, 0.6) is 0 Å². The fraction of sp³-hybridized carbons (Fsp3) is 0.438. The predicted octanol–water partition coefficient (Wildman–Crippen LogP) is 8.40. The van der Waals surface area contributed by atoms with Crippen molar-refractivity contribution in [3.8, 4) is 11.3 Å². The van der Waals surface area contributed by atoms with Crippen molar-refractivity contribution in [2.45, 2.75) is 75.9 Å². The van der Waals surface area contributed by atoms with E-state index in [0.29, 0.717) is 63.5 Å². The Hall–Kier alpha value is -3.14. The minimum absolute atomic E-state index is 0.138. The molecule has 2 aromatic carbocycles. The van der Waals surface area contributed by atoms with E-state index >= 15 is 0 Å². The summed E-state index contributed by atoms with van der Waals surface area (Å²) in [6.07, 6.45) is 6.03. The van der Waals surface area contributed by atoms with Gasteiger partial charge >= 0.3 is 11.9 Å². The third kappa shape index (κ3) is 5.40. The SMILES string of the molecule is CC[C@@H]1C[C@H](OC(=O)c2c(-c3c(Cl)cccc3Cl)noc2C2CC2)CCN1c1nc2c(C3CC3)cc(C(=O)OC)cc2s1. The van der Waals surface area contributed by atoms with Crippen molar-refractivity contribution in [2.75, 3.05) is 18.6 Å². The molecule has 1 aliphatic heterocycles. The Balaban J connectivity index is 1.13. The maximum absolute atomic E-state index is 13.8. The Kier molecular flexibility index (Phi) is 7.60. The highest BCUT2D eigenvalue weighted by molar-refractivity contribution is 7.22. The average molecular weight is 641 g/mol. The molecule has 224 valence electrons. The number of fused-ring (bicyclic) bond motifs is 1. The van der Waals surface area contributed by atoms with E-state index in [1.807, 2.05) is 12.1 Å². The van der Waals surface area contributed by atoms with Crippen LogP contribution in [0.2, 0.25) is 10.0 Å². The van der Waals surface area contributed by atoms with E-state index in [4.69, 9.17) is 42.2 Å². The Labute approximate surface area is 263 Å². The van der Waals surface area contributed by atoms with E-state index in [2.05, 4.69) is 17.0 Å². The lowest BCUT2D eigenvalue weighted by molar-refractivity contribution is 0.0206. The molecule has 7 rings (SSSR count). The minimum Gasteiger partial charge on any atom is -0.465 e. The summed E-state index contributed by atoms with van der Waals surface area (Å²) in [5.74, 6) is 0.359. The predicted molar refractivity (Wildman–Crippen MR) is 167 cm³/mol. The molecule has 0 bridgehead atoms. The van der Waals surface area contributed by atoms with Crippen LogP contribution >= 0.6 is 34.5 Å². The number of thiazole rings is 1. The van der Waals surface area contributed by atoms with Crippen molar-refractivity contribution in [2.24, 2.45) is 0 Å². The Morgan fingerprint density at radius 3 is 2.49 bits per heavy atom. The van der Waals surface area contributed by atoms with Crippen LogP contribution in [0, 0.1) is 0 Å². The first kappa shape index (κ1) is 28.6. The molecular weight excluding hydrogens is 609 g/mol. The standard InChI is InChI=1S/C32H31Cl2N3O5S/c1-3-19-15-20(41-31(39)26-28(36-42-29(26)17-9-10-17)25-22(33)5-4-6-23(25)34)11-12-37(19)32-35-27-21(16-7-8-16)13-18(30(38)40-2)14-24(27)43-32/h4-6,13-14,16-17,19-20H,3,7-12,15H2,1-2H3/t19-,20-/m1/s1. The third-order valence-electron chi connectivity index (χ3n) is 8.68. The molecule has 0 unspecified atom stereocenters. The number of halogens is 2. The van der Waals surface area contributed by atoms with Crippen molar-refractivity contribution in [1.29, 1.82) is 0 Å². The highest BCUT2D eigenvalue weighted by Crippen LogP contribution is 2.47. The number of ether oxygens (including phenoxy) is 2. The molecule has 3 fully saturated rings. The number of benzene rings is 2. The quantitative estimate of drug-likeness (QED) is 0.177. The van der Waals surface area contributed by atoms with Crippen molar-refractivity contribution in [3.63, 3.8) is 0 Å². The lowest BCUT2D eigenvalue weighted by atomic mass is 9.97. The molecule has 8 nitrogen and oxygen atoms in total. The second kappa shape index (κ2) is 11.4. The van der Waals surface area contributed by atoms with Crippen molar-refractivity contribution in [1.82, 2.24) is 10.1 Å². The molecule has 1 saturated heterocycles. The first-order valence-electron chi connectivity index (χ1n) is 14.8. The maximum Gasteiger partial charge on any atom is 0.344 e. The zero-order chi connectivity index (χ0) is 29.8. The first-order valence-corrected chi connectivity index (χ1v) is 16.4. The van der Waals surface area contributed by atoms with Gasteiger partial charge in [0.05, 0.1) is 32.9 Å². The monoisotopic (exact) mass is 639 g/mol. The lowest BCUT2D eigenvalue weighted by Crippen LogP contribution is -2.45. The summed E-state index contributed by atoms with van der Waals surface area (Å²) < 4.78 is 17.9. The van der Waals surface area contributed by atoms with Gasteiger partial charge < -0.3 is 18.9 Å². The molecule has 4 aromatic rings. The zero-order valence-electron chi connectivity index (χ0n) is 23.9. The van der Waals surface area contributed by atoms with Crippen LogP contribution in [0.4, 0.5) is 5.13 Å². The van der Waals surface area contributed by atoms with Gasteiger partial charge in [0.1, 0.15) is 17.4 Å². The number of esters is 2. The van der Waals surface area contributed by atoms with E-state index in [1.165, 1.54) is 7.11 Å². The second-order valence-corrected chi connectivity index (χ2v) is 13.4. The van der Waals surface area contributed by atoms with E-state index < -0.39 is 5.97 Å². The summed E-state index contributed by atoms with van der Waals surface area (Å²) in [6.45, 7) is 2.84. The minimum atomic E-state index is -0.452. The molecular formula is C32H31Cl2N3O5S. The number of carbonyl (C=O) groups excluding carboxylic acids is 2. The number of carbonyl (C=O) groups is 2. The Morgan fingerprint density at radius 2 is 1.81 bits per heavy atom. The van der Waals surface area contributed by atoms with Crippen molar-refractivity contribution in [3.05, 3.63) is 62.8 Å². The van der Waals surface area contributed by atoms with E-state index in [1.54, 1.807) is 29.5 Å². The molecule has 43 heavy (non-hydrogen) atoms. The van der Waals surface area contributed by atoms with Crippen LogP contribution in [0.3, 0.4) is 0 Å². The summed E-state index contributed by atoms with van der Waals surface area (Å²) in [4.78, 5) is 33.5. The summed E-state index contributed by atoms with van der Waals surface area (Å²) in [7, 11) is 1.41. The lowest BCUT2D eigenvalue weighted by Gasteiger charge is -2.38. The van der Waals surface area contributed by atoms with Crippen LogP contribution in [0.1, 0.15) is 95.7 Å². The van der Waals surface area contributed by atoms with Gasteiger partial charge in [-0.25, -0.2) is 14.6 Å². The number of anilines is 1. The van der Waals surface area contributed by atoms with E-state index in [0.717, 1.165) is 53.0 Å². The molecule has 3 aliphatic rings. The summed E-state index contributed by atoms with van der Waals surface area (Å²) in [6, 6.07) is 9.17. The van der Waals surface area contributed by atoms with Gasteiger partial charge in [0.15, 0.2) is 10.9 Å². The van der Waals surface area contributed by atoms with Crippen LogP contribution in [0.15, 0.2) is 34.9 Å². The molecule has 2 saturated carbocycles. The Morgan fingerprint density at radius 1 is 1.07 bits per heavy atom. The van der Waals surface area contributed by atoms with Gasteiger partial charge in [-0.1, -0.05) is 52.7 Å². The molecule has 0 radical (unpaired) electrons. The average Bonchev–Trinajstić information content (AvgIpc) is 3.94. The number of methoxy groups -OCH3 is 1. The normalized spacial score (nSPS) is 20.4. The molecule has 2 aliphatic carbocycles. The smallest absolute Gasteiger partial charge is 0.344 e. The number of rotatable bonds is 8. The maximum atomic E-state index is 13.8. The summed E-state index contributed by atoms with van der Waals surface area (Å²) >= 11 is 14.6. The molecule has 0 amide bonds. The second-order valence-electron chi connectivity index (χ2n) is 11.6. The van der Waals surface area contributed by atoms with Gasteiger partial charge in [-0.2, -0.15) is 0 Å². The third-order valence-corrected chi connectivity index (χ3v) is 10.3. The van der Waals surface area contributed by atoms with Crippen LogP contribution < -0.4 is 4.90 Å². The summed E-state index contributed by atoms with van der Waals surface area (Å²) in [5.41, 5.74) is 3.82. The fourth-order valence-electron chi connectivity index (χ4n) is 6.10. The number of hydrogen-bond acceptors (Lipinski definition) is 9. The van der Waals surface area contributed by atoms with Crippen molar-refractivity contribution >= 4 is 61.8 Å². The highest BCUT2D eigenvalue weighted by Gasteiger charge is 2.39. The molecule has 3 heterocycles. The Bertz CT molecular complexity index is 1710. The van der Waals surface area contributed by atoms with Gasteiger partial charge in [0.25, 0.3) is 0 Å². The fourth-order valence-corrected chi connectivity index (χ4v) is 7.81.